The fraction of sp³-hybridized carbons (Fsp3) is 0.400. The fourth-order valence-corrected chi connectivity index (χ4v) is 3.05. The van der Waals surface area contributed by atoms with E-state index in [1.54, 1.807) is 34.3 Å². The van der Waals surface area contributed by atoms with Crippen LogP contribution in [0.4, 0.5) is 0 Å². The lowest BCUT2D eigenvalue weighted by atomic mass is 10.3. The number of amides is 1. The highest BCUT2D eigenvalue weighted by Gasteiger charge is 2.15. The maximum Gasteiger partial charge on any atom is 0.264 e. The molecule has 0 unspecified atom stereocenters. The Labute approximate surface area is 158 Å². The minimum absolute atomic E-state index is 0.0369. The van der Waals surface area contributed by atoms with Gasteiger partial charge in [-0.2, -0.15) is 5.10 Å². The number of para-hydroxylation sites is 1. The van der Waals surface area contributed by atoms with Crippen molar-refractivity contribution >= 4 is 16.9 Å². The second-order valence-electron chi connectivity index (χ2n) is 6.66. The van der Waals surface area contributed by atoms with E-state index in [-0.39, 0.29) is 17.9 Å². The molecule has 0 fully saturated rings. The molecule has 1 amide bonds. The normalized spacial score (nSPS) is 11.1. The van der Waals surface area contributed by atoms with Crippen LogP contribution in [0.3, 0.4) is 0 Å². The van der Waals surface area contributed by atoms with Crippen molar-refractivity contribution in [2.45, 2.75) is 39.7 Å². The summed E-state index contributed by atoms with van der Waals surface area (Å²) in [7, 11) is 1.80. The van der Waals surface area contributed by atoms with E-state index >= 15 is 0 Å². The average molecular weight is 367 g/mol. The van der Waals surface area contributed by atoms with Crippen molar-refractivity contribution in [3.63, 3.8) is 0 Å². The van der Waals surface area contributed by atoms with Gasteiger partial charge in [-0.1, -0.05) is 31.5 Å². The molecule has 142 valence electrons. The predicted molar refractivity (Wildman–Crippen MR) is 105 cm³/mol. The number of hydrogen-bond donors (Lipinski definition) is 0. The number of carbonyl (C=O) groups is 1. The van der Waals surface area contributed by atoms with E-state index in [0.717, 1.165) is 25.1 Å². The Morgan fingerprint density at radius 3 is 2.67 bits per heavy atom. The van der Waals surface area contributed by atoms with Crippen LogP contribution in [0.15, 0.2) is 41.3 Å². The van der Waals surface area contributed by atoms with Crippen LogP contribution in [0.2, 0.25) is 0 Å². The van der Waals surface area contributed by atoms with Crippen LogP contribution < -0.4 is 5.56 Å². The Kier molecular flexibility index (Phi) is 5.69. The molecule has 0 saturated carbocycles. The third-order valence-electron chi connectivity index (χ3n) is 4.70. The molecule has 2 heterocycles. The van der Waals surface area contributed by atoms with Crippen LogP contribution in [-0.4, -0.2) is 43.7 Å². The number of aromatic nitrogens is 4. The van der Waals surface area contributed by atoms with Gasteiger partial charge in [0.1, 0.15) is 11.2 Å². The maximum atomic E-state index is 12.9. The van der Waals surface area contributed by atoms with Gasteiger partial charge in [0, 0.05) is 26.6 Å². The van der Waals surface area contributed by atoms with Crippen LogP contribution in [0.1, 0.15) is 32.0 Å². The zero-order valence-electron chi connectivity index (χ0n) is 16.1. The number of carbonyl (C=O) groups excluding carboxylic acids is 1. The summed E-state index contributed by atoms with van der Waals surface area (Å²) < 4.78 is 3.22. The van der Waals surface area contributed by atoms with Crippen molar-refractivity contribution in [3.05, 3.63) is 52.7 Å². The van der Waals surface area contributed by atoms with Gasteiger partial charge in [0.05, 0.1) is 11.9 Å². The minimum Gasteiger partial charge on any atom is -0.346 e. The predicted octanol–water partition coefficient (Wildman–Crippen LogP) is 2.54. The zero-order chi connectivity index (χ0) is 19.4. The molecular formula is C20H25N5O2. The van der Waals surface area contributed by atoms with Gasteiger partial charge in [0.25, 0.3) is 5.56 Å². The third kappa shape index (κ3) is 3.92. The first-order valence-corrected chi connectivity index (χ1v) is 9.27. The first kappa shape index (κ1) is 18.8. The van der Waals surface area contributed by atoms with Crippen molar-refractivity contribution in [3.8, 4) is 5.69 Å². The van der Waals surface area contributed by atoms with Crippen molar-refractivity contribution in [2.75, 3.05) is 13.6 Å². The summed E-state index contributed by atoms with van der Waals surface area (Å²) in [6.45, 7) is 4.94. The van der Waals surface area contributed by atoms with Gasteiger partial charge >= 0.3 is 0 Å². The molecule has 7 heteroatoms. The van der Waals surface area contributed by atoms with E-state index in [4.69, 9.17) is 0 Å². The first-order valence-electron chi connectivity index (χ1n) is 9.27. The van der Waals surface area contributed by atoms with E-state index in [9.17, 15) is 9.59 Å². The van der Waals surface area contributed by atoms with Crippen LogP contribution >= 0.6 is 0 Å². The lowest BCUT2D eigenvalue weighted by molar-refractivity contribution is -0.130. The SMILES string of the molecule is CCCCN(C)C(=O)CCn1c(C)nc2c(cnn2-c2ccccc2)c1=O. The van der Waals surface area contributed by atoms with Crippen LogP contribution in [0.5, 0.6) is 0 Å². The quantitative estimate of drug-likeness (QED) is 0.643. The van der Waals surface area contributed by atoms with Crippen molar-refractivity contribution in [2.24, 2.45) is 0 Å². The standard InChI is InChI=1S/C20H25N5O2/c1-4-5-12-23(3)18(26)11-13-24-15(2)22-19-17(20(24)27)14-21-25(19)16-9-7-6-8-10-16/h6-10,14H,4-5,11-13H2,1-3H3. The molecule has 3 aromatic rings. The molecule has 0 N–H and O–H groups in total. The van der Waals surface area contributed by atoms with E-state index < -0.39 is 0 Å². The molecule has 0 aliphatic heterocycles. The van der Waals surface area contributed by atoms with Crippen molar-refractivity contribution in [1.82, 2.24) is 24.2 Å². The zero-order valence-corrected chi connectivity index (χ0v) is 16.1. The lowest BCUT2D eigenvalue weighted by Gasteiger charge is -2.17. The number of aryl methyl sites for hydroxylation is 1. The van der Waals surface area contributed by atoms with E-state index in [1.807, 2.05) is 30.3 Å². The van der Waals surface area contributed by atoms with Gasteiger partial charge in [-0.25, -0.2) is 9.67 Å². The van der Waals surface area contributed by atoms with E-state index in [2.05, 4.69) is 17.0 Å². The molecule has 7 nitrogen and oxygen atoms in total. The second kappa shape index (κ2) is 8.16. The maximum absolute atomic E-state index is 12.9. The molecule has 0 radical (unpaired) electrons. The highest BCUT2D eigenvalue weighted by molar-refractivity contribution is 5.76. The van der Waals surface area contributed by atoms with Crippen LogP contribution in [0, 0.1) is 6.92 Å². The van der Waals surface area contributed by atoms with Crippen LogP contribution in [0.25, 0.3) is 16.7 Å². The van der Waals surface area contributed by atoms with Crippen molar-refractivity contribution < 1.29 is 4.79 Å². The summed E-state index contributed by atoms with van der Waals surface area (Å²) in [6.07, 6.45) is 3.85. The summed E-state index contributed by atoms with van der Waals surface area (Å²) >= 11 is 0. The molecular weight excluding hydrogens is 342 g/mol. The molecule has 0 bridgehead atoms. The Morgan fingerprint density at radius 1 is 1.22 bits per heavy atom. The number of benzene rings is 1. The highest BCUT2D eigenvalue weighted by atomic mass is 16.2. The molecule has 0 aliphatic rings. The number of fused-ring (bicyclic) bond motifs is 1. The second-order valence-corrected chi connectivity index (χ2v) is 6.66. The monoisotopic (exact) mass is 367 g/mol. The number of rotatable bonds is 7. The molecule has 27 heavy (non-hydrogen) atoms. The van der Waals surface area contributed by atoms with Gasteiger partial charge in [-0.05, 0) is 25.5 Å². The third-order valence-corrected chi connectivity index (χ3v) is 4.70. The number of nitrogens with zero attached hydrogens (tertiary/aromatic N) is 5. The highest BCUT2D eigenvalue weighted by Crippen LogP contribution is 2.14. The summed E-state index contributed by atoms with van der Waals surface area (Å²) in [6, 6.07) is 9.59. The largest absolute Gasteiger partial charge is 0.346 e. The minimum atomic E-state index is -0.163. The van der Waals surface area contributed by atoms with Gasteiger partial charge in [0.2, 0.25) is 5.91 Å². The molecule has 1 aromatic carbocycles. The number of unbranched alkanes of at least 4 members (excludes halogenated alkanes) is 1. The van der Waals surface area contributed by atoms with E-state index in [1.165, 1.54) is 0 Å². The Balaban J connectivity index is 1.86. The average Bonchev–Trinajstić information content (AvgIpc) is 3.10. The summed E-state index contributed by atoms with van der Waals surface area (Å²) in [4.78, 5) is 31.5. The topological polar surface area (TPSA) is 73.0 Å². The van der Waals surface area contributed by atoms with Crippen molar-refractivity contribution in [1.29, 1.82) is 0 Å². The molecule has 0 aliphatic carbocycles. The van der Waals surface area contributed by atoms with Gasteiger partial charge < -0.3 is 4.90 Å². The summed E-state index contributed by atoms with van der Waals surface area (Å²) in [5.41, 5.74) is 1.22. The molecule has 0 spiro atoms. The summed E-state index contributed by atoms with van der Waals surface area (Å²) in [5, 5.41) is 4.79. The van der Waals surface area contributed by atoms with Crippen LogP contribution in [-0.2, 0) is 11.3 Å². The summed E-state index contributed by atoms with van der Waals surface area (Å²) in [5.74, 6) is 0.615. The van der Waals surface area contributed by atoms with E-state index in [0.29, 0.717) is 23.4 Å². The Bertz CT molecular complexity index is 991. The molecule has 0 saturated heterocycles. The van der Waals surface area contributed by atoms with Gasteiger partial charge in [-0.3, -0.25) is 14.2 Å². The molecule has 0 atom stereocenters. The fourth-order valence-electron chi connectivity index (χ4n) is 3.05. The number of hydrogen-bond acceptors (Lipinski definition) is 4. The van der Waals surface area contributed by atoms with Gasteiger partial charge in [0.15, 0.2) is 5.65 Å². The van der Waals surface area contributed by atoms with Gasteiger partial charge in [-0.15, -0.1) is 0 Å². The first-order chi connectivity index (χ1) is 13.0. The molecule has 3 rings (SSSR count). The smallest absolute Gasteiger partial charge is 0.264 e. The lowest BCUT2D eigenvalue weighted by Crippen LogP contribution is -2.31. The Morgan fingerprint density at radius 2 is 1.96 bits per heavy atom. The Hall–Kier alpha value is -2.96. The molecule has 2 aromatic heterocycles.